The van der Waals surface area contributed by atoms with Crippen molar-refractivity contribution >= 4 is 5.91 Å². The average molecular weight is 220 g/mol. The molecule has 0 fully saturated rings. The van der Waals surface area contributed by atoms with Gasteiger partial charge in [-0.15, -0.1) is 0 Å². The molecule has 84 valence electrons. The van der Waals surface area contributed by atoms with Gasteiger partial charge in [-0.3, -0.25) is 4.79 Å². The fourth-order valence-corrected chi connectivity index (χ4v) is 1.04. The molecule has 4 heteroatoms. The predicted molar refractivity (Wildman–Crippen MR) is 60.2 cm³/mol. The molecule has 0 aliphatic heterocycles. The van der Waals surface area contributed by atoms with Crippen LogP contribution in [0.2, 0.25) is 0 Å². The lowest BCUT2D eigenvalue weighted by atomic mass is 10.2. The average Bonchev–Trinajstić information content (AvgIpc) is 2.27. The molecule has 2 N–H and O–H groups in total. The lowest BCUT2D eigenvalue weighted by Crippen LogP contribution is -2.29. The van der Waals surface area contributed by atoms with Gasteiger partial charge >= 0.3 is 0 Å². The van der Waals surface area contributed by atoms with E-state index in [9.17, 15) is 9.18 Å². The summed E-state index contributed by atoms with van der Waals surface area (Å²) in [6, 6.07) is 5.82. The van der Waals surface area contributed by atoms with Crippen molar-refractivity contribution in [2.75, 3.05) is 20.1 Å². The Bertz CT molecular complexity index is 421. The van der Waals surface area contributed by atoms with Crippen molar-refractivity contribution in [3.63, 3.8) is 0 Å². The third kappa shape index (κ3) is 4.58. The maximum atomic E-state index is 12.8. The maximum absolute atomic E-state index is 12.8. The summed E-state index contributed by atoms with van der Waals surface area (Å²) in [5, 5.41) is 5.49. The van der Waals surface area contributed by atoms with Crippen molar-refractivity contribution < 1.29 is 9.18 Å². The zero-order valence-corrected chi connectivity index (χ0v) is 9.01. The Morgan fingerprint density at radius 3 is 2.94 bits per heavy atom. The van der Waals surface area contributed by atoms with Crippen molar-refractivity contribution in [2.45, 2.75) is 0 Å². The monoisotopic (exact) mass is 220 g/mol. The van der Waals surface area contributed by atoms with Crippen LogP contribution in [-0.4, -0.2) is 26.0 Å². The lowest BCUT2D eigenvalue weighted by Gasteiger charge is -1.98. The Balaban J connectivity index is 2.50. The molecule has 3 nitrogen and oxygen atoms in total. The Morgan fingerprint density at radius 1 is 1.44 bits per heavy atom. The van der Waals surface area contributed by atoms with Crippen molar-refractivity contribution in [1.29, 1.82) is 0 Å². The summed E-state index contributed by atoms with van der Waals surface area (Å²) in [4.78, 5) is 11.2. The molecule has 0 atom stereocenters. The minimum Gasteiger partial charge on any atom is -0.344 e. The second kappa shape index (κ2) is 6.59. The SMILES string of the molecule is CNCCNC(=O)C#Cc1cccc(F)c1. The molecule has 0 aromatic heterocycles. The predicted octanol–water partition coefficient (Wildman–Crippen LogP) is 0.513. The first kappa shape index (κ1) is 12.2. The van der Waals surface area contributed by atoms with E-state index in [0.29, 0.717) is 18.7 Å². The van der Waals surface area contributed by atoms with Crippen LogP contribution in [0.1, 0.15) is 5.56 Å². The standard InChI is InChI=1S/C12H13FN2O/c1-14-7-8-15-12(16)6-5-10-3-2-4-11(13)9-10/h2-4,9,14H,7-8H2,1H3,(H,15,16). The highest BCUT2D eigenvalue weighted by atomic mass is 19.1. The van der Waals surface area contributed by atoms with Gasteiger partial charge in [-0.25, -0.2) is 4.39 Å². The number of nitrogens with one attached hydrogen (secondary N) is 2. The molecule has 0 bridgehead atoms. The number of likely N-dealkylation sites (N-methyl/N-ethyl adjacent to an activating group) is 1. The first-order valence-electron chi connectivity index (χ1n) is 4.92. The zero-order valence-electron chi connectivity index (χ0n) is 9.01. The number of rotatable bonds is 3. The molecule has 0 spiro atoms. The summed E-state index contributed by atoms with van der Waals surface area (Å²) in [6.45, 7) is 1.21. The Hall–Kier alpha value is -1.86. The maximum Gasteiger partial charge on any atom is 0.296 e. The highest BCUT2D eigenvalue weighted by Crippen LogP contribution is 2.00. The van der Waals surface area contributed by atoms with E-state index in [0.717, 1.165) is 0 Å². The molecule has 0 unspecified atom stereocenters. The van der Waals surface area contributed by atoms with Crippen molar-refractivity contribution in [3.8, 4) is 11.8 Å². The van der Waals surface area contributed by atoms with Crippen LogP contribution in [0.15, 0.2) is 24.3 Å². The molecular formula is C12H13FN2O. The van der Waals surface area contributed by atoms with Crippen LogP contribution in [0.5, 0.6) is 0 Å². The van der Waals surface area contributed by atoms with Crippen LogP contribution in [0.4, 0.5) is 4.39 Å². The van der Waals surface area contributed by atoms with E-state index >= 15 is 0 Å². The van der Waals surface area contributed by atoms with Gasteiger partial charge in [0.1, 0.15) is 5.82 Å². The first-order chi connectivity index (χ1) is 7.72. The van der Waals surface area contributed by atoms with Gasteiger partial charge in [0, 0.05) is 24.6 Å². The molecular weight excluding hydrogens is 207 g/mol. The van der Waals surface area contributed by atoms with Crippen LogP contribution in [0, 0.1) is 17.7 Å². The largest absolute Gasteiger partial charge is 0.344 e. The van der Waals surface area contributed by atoms with Crippen molar-refractivity contribution in [3.05, 3.63) is 35.6 Å². The van der Waals surface area contributed by atoms with Gasteiger partial charge in [-0.2, -0.15) is 0 Å². The third-order valence-corrected chi connectivity index (χ3v) is 1.81. The summed E-state index contributed by atoms with van der Waals surface area (Å²) in [6.07, 6.45) is 0. The van der Waals surface area contributed by atoms with Gasteiger partial charge in [0.25, 0.3) is 5.91 Å². The number of carbonyl (C=O) groups is 1. The van der Waals surface area contributed by atoms with E-state index in [1.165, 1.54) is 12.1 Å². The van der Waals surface area contributed by atoms with E-state index in [4.69, 9.17) is 0 Å². The number of halogens is 1. The third-order valence-electron chi connectivity index (χ3n) is 1.81. The molecule has 0 aliphatic carbocycles. The molecule has 0 aliphatic rings. The van der Waals surface area contributed by atoms with Gasteiger partial charge in [0.2, 0.25) is 0 Å². The minimum absolute atomic E-state index is 0.359. The molecule has 0 radical (unpaired) electrons. The number of carbonyl (C=O) groups excluding carboxylic acids is 1. The Morgan fingerprint density at radius 2 is 2.25 bits per heavy atom. The van der Waals surface area contributed by atoms with Crippen LogP contribution in [0.3, 0.4) is 0 Å². The highest BCUT2D eigenvalue weighted by Gasteiger charge is 1.94. The molecule has 0 saturated heterocycles. The van der Waals surface area contributed by atoms with Gasteiger partial charge in [-0.05, 0) is 25.2 Å². The minimum atomic E-state index is -0.362. The number of benzene rings is 1. The van der Waals surface area contributed by atoms with E-state index in [1.54, 1.807) is 19.2 Å². The summed E-state index contributed by atoms with van der Waals surface area (Å²) < 4.78 is 12.8. The molecule has 1 aromatic rings. The molecule has 1 rings (SSSR count). The van der Waals surface area contributed by atoms with Gasteiger partial charge < -0.3 is 10.6 Å². The van der Waals surface area contributed by atoms with Gasteiger partial charge in [0.15, 0.2) is 0 Å². The zero-order chi connectivity index (χ0) is 11.8. The van der Waals surface area contributed by atoms with Crippen LogP contribution in [0.25, 0.3) is 0 Å². The van der Waals surface area contributed by atoms with Crippen LogP contribution >= 0.6 is 0 Å². The summed E-state index contributed by atoms with van der Waals surface area (Å²) in [5.41, 5.74) is 0.490. The number of hydrogen-bond acceptors (Lipinski definition) is 2. The summed E-state index contributed by atoms with van der Waals surface area (Å²) >= 11 is 0. The van der Waals surface area contributed by atoms with Gasteiger partial charge in [-0.1, -0.05) is 12.0 Å². The molecule has 1 amide bonds. The molecule has 16 heavy (non-hydrogen) atoms. The Labute approximate surface area is 94.0 Å². The van der Waals surface area contributed by atoms with Crippen molar-refractivity contribution in [2.24, 2.45) is 0 Å². The van der Waals surface area contributed by atoms with Crippen LogP contribution in [-0.2, 0) is 4.79 Å². The van der Waals surface area contributed by atoms with Crippen LogP contribution < -0.4 is 10.6 Å². The van der Waals surface area contributed by atoms with E-state index < -0.39 is 0 Å². The number of amides is 1. The normalized spacial score (nSPS) is 9.12. The fraction of sp³-hybridized carbons (Fsp3) is 0.250. The highest BCUT2D eigenvalue weighted by molar-refractivity contribution is 5.94. The lowest BCUT2D eigenvalue weighted by molar-refractivity contribution is -0.115. The topological polar surface area (TPSA) is 41.1 Å². The smallest absolute Gasteiger partial charge is 0.296 e. The molecule has 0 saturated carbocycles. The second-order valence-electron chi connectivity index (χ2n) is 3.12. The summed E-state index contributed by atoms with van der Waals surface area (Å²) in [5.74, 6) is 4.26. The van der Waals surface area contributed by atoms with Crippen molar-refractivity contribution in [1.82, 2.24) is 10.6 Å². The molecule has 1 aromatic carbocycles. The van der Waals surface area contributed by atoms with E-state index in [-0.39, 0.29) is 11.7 Å². The second-order valence-corrected chi connectivity index (χ2v) is 3.12. The van der Waals surface area contributed by atoms with E-state index in [2.05, 4.69) is 22.5 Å². The first-order valence-corrected chi connectivity index (χ1v) is 4.92. The number of hydrogen-bond donors (Lipinski definition) is 2. The summed E-state index contributed by atoms with van der Waals surface area (Å²) in [7, 11) is 1.80. The van der Waals surface area contributed by atoms with Gasteiger partial charge in [0.05, 0.1) is 0 Å². The Kier molecular flexibility index (Phi) is 5.03. The fourth-order valence-electron chi connectivity index (χ4n) is 1.04. The molecule has 0 heterocycles. The quantitative estimate of drug-likeness (QED) is 0.575. The van der Waals surface area contributed by atoms with E-state index in [1.807, 2.05) is 0 Å².